The molecule has 0 unspecified atom stereocenters. The number of hydrogen-bond donors (Lipinski definition) is 5. The van der Waals surface area contributed by atoms with E-state index in [0.29, 0.717) is 29.9 Å². The molecule has 8 heterocycles. The summed E-state index contributed by atoms with van der Waals surface area (Å²) in [7, 11) is -4.92. The van der Waals surface area contributed by atoms with Gasteiger partial charge in [0.1, 0.15) is 5.60 Å². The molecule has 8 fully saturated rings. The number of piperazine rings is 2. The first-order chi connectivity index (χ1) is 63.6. The molecular formula is C107H216N12O17S3. The van der Waals surface area contributed by atoms with Crippen molar-refractivity contribution in [2.75, 3.05) is 223 Å². The Balaban J connectivity index is -0.00000146. The Kier molecular flexibility index (Phi) is 69.9. The minimum Gasteiger partial charge on any atom is -0.466 e. The molecule has 0 spiro atoms. The molecule has 0 aliphatic carbocycles. The second-order valence-electron chi connectivity index (χ2n) is 48.0. The SMILES string of the molecule is CC(C)(C)C(=O)N1CCN(CCO)CC1.CC(C)(C)C(=O)NCCN1CCCC1.CC(C)(C)CCCN1CCCC1.CC(C)(C)O.CC(C)(C)OC(=O)c1ccccc1.CC(C)(C)OCCN1CCCC1.CC(C)S(=O)(=O)C1CCNCC1.CC(C)S(=O)(=O)CCCN1CCCC1.CC(C)S(=O)(=O)NCCN1CCCC1.CCOC(=O)C(C)(C)C.CN1CCN(C(=O)C(C)(C)C)CC1.COC(C)(C)C. The number of aliphatic hydroxyl groups is 2. The number of amides is 3. The number of hydrogen-bond acceptors (Lipinski definition) is 25. The van der Waals surface area contributed by atoms with Gasteiger partial charge in [-0.1, -0.05) is 101 Å². The fraction of sp³-hybridized carbons (Fsp3) is 0.897. The van der Waals surface area contributed by atoms with Crippen LogP contribution in [0, 0.1) is 27.1 Å². The van der Waals surface area contributed by atoms with Crippen LogP contribution in [0.3, 0.4) is 0 Å². The van der Waals surface area contributed by atoms with Crippen LogP contribution in [-0.4, -0.2) is 376 Å². The molecule has 8 aliphatic rings. The second kappa shape index (κ2) is 69.9. The van der Waals surface area contributed by atoms with Gasteiger partial charge in [-0.2, -0.15) is 0 Å². The molecule has 32 heteroatoms. The summed E-state index contributed by atoms with van der Waals surface area (Å²) in [6.45, 7) is 95.3. The molecule has 1 aromatic carbocycles. The van der Waals surface area contributed by atoms with E-state index in [4.69, 9.17) is 29.2 Å². The van der Waals surface area contributed by atoms with Crippen LogP contribution in [0.25, 0.3) is 0 Å². The number of β-amino-alcohol motifs (C(OH)–C–C–N with tert-alkyl or cyclic N) is 1. The zero-order chi connectivity index (χ0) is 108. The molecule has 8 aliphatic heterocycles. The van der Waals surface area contributed by atoms with E-state index >= 15 is 0 Å². The third-order valence-electron chi connectivity index (χ3n) is 23.2. The standard InChI is InChI=1S/C11H22N2O2.C11H22N2O.C11H23N.C11H14O2.C10H20N2O.C10H21NO2S.C10H21NO.C9H20N2O2S.C8H17NO2S.C7H14O2.C5H12O.C4H10O/c1-11(2,3)10(15)13-6-4-12(5-7-13)8-9-14;1-11(2,3)10(14)12-6-9-13-7-4-5-8-13;1-11(2,3)7-6-10-12-8-4-5-9-12;1-11(2,3)13-10(12)9-7-5-4-6-8-9;1-10(2,3)9(13)12-7-5-11(4)6-8-12;1-10(2)14(12,13)9-5-8-11-6-3-4-7-11;1-10(2,3)12-9-8-11-6-4-5-7-11;1-9(2)14(12,13)10-5-8-11-6-3-4-7-11;1-7(2)12(10,11)8-3-5-9-6-4-8;1-5-9-6(8)7(2,3)4;1-5(2,3)6-4;1-4(2,3)5/h14H,4-9H2,1-3H3;4-9H2,1-3H3,(H,12,14);4-10H2,1-3H3;4-8H,1-3H3;5-8H2,1-4H3;10H,3-9H2,1-2H3;4-9H2,1-3H3;9-10H,3-8H2,1-2H3;7-9H,3-6H2,1-2H3;5H2,1-4H3;1-4H3;5H,1-3H3. The average molecular weight is 2040 g/mol. The third kappa shape index (κ3) is 76.2. The first-order valence-corrected chi connectivity index (χ1v) is 57.5. The summed E-state index contributed by atoms with van der Waals surface area (Å²) in [5.41, 5.74) is -0.847. The maximum Gasteiger partial charge on any atom is 0.338 e. The van der Waals surface area contributed by atoms with Crippen molar-refractivity contribution >= 4 is 59.4 Å². The summed E-state index contributed by atoms with van der Waals surface area (Å²) in [6.07, 6.45) is 18.4. The van der Waals surface area contributed by atoms with Crippen LogP contribution in [0.2, 0.25) is 0 Å². The minimum atomic E-state index is -3.07. The van der Waals surface area contributed by atoms with Crippen LogP contribution in [-0.2, 0) is 67.8 Å². The van der Waals surface area contributed by atoms with Gasteiger partial charge in [0, 0.05) is 115 Å². The highest BCUT2D eigenvalue weighted by Crippen LogP contribution is 2.25. The van der Waals surface area contributed by atoms with Gasteiger partial charge < -0.3 is 79.0 Å². The molecule has 9 rings (SSSR count). The van der Waals surface area contributed by atoms with Gasteiger partial charge in [-0.15, -0.1) is 0 Å². The molecule has 8 saturated heterocycles. The number of carbonyl (C=O) groups excluding carboxylic acids is 5. The Morgan fingerprint density at radius 3 is 1.14 bits per heavy atom. The predicted octanol–water partition coefficient (Wildman–Crippen LogP) is 15.7. The van der Waals surface area contributed by atoms with E-state index < -0.39 is 40.9 Å². The molecule has 0 radical (unpaired) electrons. The second-order valence-corrected chi connectivity index (χ2v) is 55.8. The largest absolute Gasteiger partial charge is 0.466 e. The van der Waals surface area contributed by atoms with E-state index in [0.717, 1.165) is 157 Å². The molecule has 3 amide bonds. The van der Waals surface area contributed by atoms with Crippen molar-refractivity contribution in [3.63, 3.8) is 0 Å². The molecule has 5 N–H and O–H groups in total. The monoisotopic (exact) mass is 2040 g/mol. The van der Waals surface area contributed by atoms with Gasteiger partial charge in [-0.25, -0.2) is 34.8 Å². The van der Waals surface area contributed by atoms with Gasteiger partial charge in [-0.05, 0) is 365 Å². The summed E-state index contributed by atoms with van der Waals surface area (Å²) in [6, 6.07) is 8.99. The zero-order valence-corrected chi connectivity index (χ0v) is 98.1. The lowest BCUT2D eigenvalue weighted by Gasteiger charge is -2.37. The lowest BCUT2D eigenvalue weighted by Crippen LogP contribution is -2.52. The maximum atomic E-state index is 11.9. The Morgan fingerprint density at radius 1 is 0.453 bits per heavy atom. The Labute approximate surface area is 853 Å². The van der Waals surface area contributed by atoms with Crippen LogP contribution in [0.4, 0.5) is 0 Å². The number of rotatable bonds is 25. The highest BCUT2D eigenvalue weighted by atomic mass is 32.2. The number of esters is 2. The highest BCUT2D eigenvalue weighted by molar-refractivity contribution is 7.92. The van der Waals surface area contributed by atoms with Crippen LogP contribution < -0.4 is 15.4 Å². The van der Waals surface area contributed by atoms with Crippen LogP contribution >= 0.6 is 0 Å². The normalized spacial score (nSPS) is 17.8. The Morgan fingerprint density at radius 2 is 0.820 bits per heavy atom. The van der Waals surface area contributed by atoms with Crippen LogP contribution in [0.1, 0.15) is 342 Å². The van der Waals surface area contributed by atoms with E-state index in [9.17, 15) is 49.2 Å². The van der Waals surface area contributed by atoms with Crippen molar-refractivity contribution in [1.29, 1.82) is 0 Å². The summed E-state index contributed by atoms with van der Waals surface area (Å²) in [5, 5.41) is 22.6. The first-order valence-electron chi connectivity index (χ1n) is 52.7. The van der Waals surface area contributed by atoms with E-state index in [1.165, 1.54) is 123 Å². The van der Waals surface area contributed by atoms with Crippen molar-refractivity contribution in [1.82, 2.24) is 59.5 Å². The lowest BCUT2D eigenvalue weighted by atomic mass is 9.90. The number of carbonyl (C=O) groups is 5. The fourth-order valence-corrected chi connectivity index (χ4v) is 17.6. The van der Waals surface area contributed by atoms with E-state index in [2.05, 4.69) is 98.2 Å². The van der Waals surface area contributed by atoms with Gasteiger partial charge in [0.25, 0.3) is 0 Å². The number of nitrogens with zero attached hydrogens (tertiary/aromatic N) is 9. The number of methoxy groups -OCH3 is 1. The number of ether oxygens (including phenoxy) is 4. The summed E-state index contributed by atoms with van der Waals surface area (Å²) < 4.78 is 92.2. The summed E-state index contributed by atoms with van der Waals surface area (Å²) in [5.74, 6) is 0.600. The predicted molar refractivity (Wildman–Crippen MR) is 580 cm³/mol. The summed E-state index contributed by atoms with van der Waals surface area (Å²) in [4.78, 5) is 78.0. The van der Waals surface area contributed by atoms with Crippen molar-refractivity contribution in [2.24, 2.45) is 27.1 Å². The number of nitrogens with one attached hydrogen (secondary N) is 3. The number of aliphatic hydroxyl groups excluding tert-OH is 1. The lowest BCUT2D eigenvalue weighted by molar-refractivity contribution is -0.152. The molecule has 1 aromatic rings. The third-order valence-corrected chi connectivity index (χ3v) is 30.0. The molecule has 0 aromatic heterocycles. The van der Waals surface area contributed by atoms with E-state index in [-0.39, 0.29) is 90.1 Å². The number of benzene rings is 1. The number of likely N-dealkylation sites (N-methyl/N-ethyl adjacent to an activating group) is 1. The van der Waals surface area contributed by atoms with Crippen molar-refractivity contribution in [3.8, 4) is 0 Å². The van der Waals surface area contributed by atoms with Gasteiger partial charge in [-0.3, -0.25) is 24.1 Å². The molecule has 0 bridgehead atoms. The smallest absolute Gasteiger partial charge is 0.338 e. The van der Waals surface area contributed by atoms with Gasteiger partial charge in [0.05, 0.1) is 74.4 Å². The van der Waals surface area contributed by atoms with Crippen molar-refractivity contribution in [3.05, 3.63) is 35.9 Å². The van der Waals surface area contributed by atoms with E-state index in [1.807, 2.05) is 160 Å². The average Bonchev–Trinajstić information content (AvgIpc) is 1.40. The zero-order valence-electron chi connectivity index (χ0n) is 95.7. The minimum absolute atomic E-state index is 0.0275. The molecule has 139 heavy (non-hydrogen) atoms. The topological polar surface area (TPSA) is 330 Å². The van der Waals surface area contributed by atoms with Gasteiger partial charge in [0.2, 0.25) is 27.7 Å². The molecule has 29 nitrogen and oxygen atoms in total. The molecular weight excluding hydrogens is 1820 g/mol. The molecule has 0 atom stereocenters. The molecule has 824 valence electrons. The maximum absolute atomic E-state index is 11.9. The van der Waals surface area contributed by atoms with Gasteiger partial charge in [0.15, 0.2) is 19.7 Å². The quantitative estimate of drug-likeness (QED) is 0.0568. The Bertz CT molecular complexity index is 3600. The highest BCUT2D eigenvalue weighted by Gasteiger charge is 2.33. The van der Waals surface area contributed by atoms with Crippen molar-refractivity contribution in [2.45, 2.75) is 375 Å². The van der Waals surface area contributed by atoms with E-state index in [1.54, 1.807) is 81.6 Å². The molecule has 0 saturated carbocycles. The number of sulfonamides is 1. The first kappa shape index (κ1) is 139. The van der Waals surface area contributed by atoms with Crippen LogP contribution in [0.5, 0.6) is 0 Å². The fourth-order valence-electron chi connectivity index (χ4n) is 14.2. The Hall–Kier alpha value is -4.10. The van der Waals surface area contributed by atoms with Crippen LogP contribution in [0.15, 0.2) is 30.3 Å². The van der Waals surface area contributed by atoms with Gasteiger partial charge >= 0.3 is 11.9 Å². The number of sulfone groups is 2. The number of likely N-dealkylation sites (tertiary alicyclic amines) is 5. The summed E-state index contributed by atoms with van der Waals surface area (Å²) >= 11 is 0. The number of piperidine rings is 1. The van der Waals surface area contributed by atoms with Crippen molar-refractivity contribution < 1.29 is 78.4 Å².